The highest BCUT2D eigenvalue weighted by molar-refractivity contribution is 8.01. The number of fused-ring (bicyclic) bond motifs is 2. The maximum atomic E-state index is 14.1. The zero-order valence-corrected chi connectivity index (χ0v) is 25.4. The topological polar surface area (TPSA) is 113 Å². The van der Waals surface area contributed by atoms with Crippen LogP contribution in [-0.2, 0) is 14.3 Å². The van der Waals surface area contributed by atoms with Gasteiger partial charge in [-0.1, -0.05) is 95.9 Å². The number of rotatable bonds is 9. The highest BCUT2D eigenvalue weighted by Crippen LogP contribution is 2.43. The van der Waals surface area contributed by atoms with Crippen LogP contribution in [0, 0.1) is 6.92 Å². The summed E-state index contributed by atoms with van der Waals surface area (Å²) < 4.78 is 7.08. The van der Waals surface area contributed by atoms with Crippen molar-refractivity contribution in [1.29, 1.82) is 0 Å². The summed E-state index contributed by atoms with van der Waals surface area (Å²) in [6.45, 7) is 1.91. The molecule has 12 heteroatoms. The van der Waals surface area contributed by atoms with E-state index >= 15 is 0 Å². The Hall–Kier alpha value is -4.13. The van der Waals surface area contributed by atoms with Gasteiger partial charge >= 0.3 is 5.97 Å². The van der Waals surface area contributed by atoms with E-state index in [4.69, 9.17) is 4.74 Å². The second kappa shape index (κ2) is 11.9. The molecule has 1 amide bonds. The number of hydrogen-bond acceptors (Lipinski definition) is 10. The van der Waals surface area contributed by atoms with Crippen molar-refractivity contribution in [3.63, 3.8) is 0 Å². The van der Waals surface area contributed by atoms with Gasteiger partial charge in [0.15, 0.2) is 10.4 Å². The van der Waals surface area contributed by atoms with Crippen LogP contribution in [0.1, 0.15) is 22.2 Å². The summed E-state index contributed by atoms with van der Waals surface area (Å²) in [7, 11) is 0. The molecule has 2 aliphatic heterocycles. The van der Waals surface area contributed by atoms with E-state index in [2.05, 4.69) is 25.5 Å². The molecule has 0 saturated carbocycles. The number of aromatic nitrogens is 4. The Morgan fingerprint density at radius 2 is 1.74 bits per heavy atom. The molecule has 7 rings (SSSR count). The number of benzene rings is 3. The highest BCUT2D eigenvalue weighted by Gasteiger charge is 2.54. The van der Waals surface area contributed by atoms with Gasteiger partial charge in [0.1, 0.15) is 22.1 Å². The number of thioether (sulfide) groups is 2. The Morgan fingerprint density at radius 3 is 2.42 bits per heavy atom. The second-order valence-electron chi connectivity index (χ2n) is 10.1. The van der Waals surface area contributed by atoms with Crippen LogP contribution >= 0.6 is 34.9 Å². The summed E-state index contributed by atoms with van der Waals surface area (Å²) in [6, 6.07) is 26.5. The lowest BCUT2D eigenvalue weighted by Crippen LogP contribution is -2.67. The van der Waals surface area contributed by atoms with Gasteiger partial charge in [0.25, 0.3) is 5.91 Å². The van der Waals surface area contributed by atoms with Gasteiger partial charge in [-0.25, -0.2) is 9.78 Å². The van der Waals surface area contributed by atoms with Gasteiger partial charge in [-0.15, -0.1) is 22.0 Å². The Labute approximate surface area is 260 Å². The van der Waals surface area contributed by atoms with Gasteiger partial charge in [-0.3, -0.25) is 9.69 Å². The summed E-state index contributed by atoms with van der Waals surface area (Å²) in [5, 5.41) is 12.2. The number of anilines is 1. The smallest absolute Gasteiger partial charge is 0.356 e. The third kappa shape index (κ3) is 5.53. The van der Waals surface area contributed by atoms with Crippen LogP contribution in [0.15, 0.2) is 101 Å². The quantitative estimate of drug-likeness (QED) is 0.119. The molecular weight excluding hydrogens is 601 g/mol. The van der Waals surface area contributed by atoms with Gasteiger partial charge in [0.2, 0.25) is 5.95 Å². The van der Waals surface area contributed by atoms with E-state index in [1.165, 1.54) is 23.1 Å². The summed E-state index contributed by atoms with van der Waals surface area (Å²) in [6.07, 6.45) is -0.629. The largest absolute Gasteiger partial charge is 0.448 e. The number of carbonyl (C=O) groups is 2. The lowest BCUT2D eigenvalue weighted by molar-refractivity contribution is -0.152. The number of imidazole rings is 1. The molecular formula is C31H26N6O3S3. The highest BCUT2D eigenvalue weighted by atomic mass is 32.2. The monoisotopic (exact) mass is 626 g/mol. The predicted octanol–water partition coefficient (Wildman–Crippen LogP) is 5.80. The number of amides is 1. The first-order valence-corrected chi connectivity index (χ1v) is 16.5. The lowest BCUT2D eigenvalue weighted by atomic mass is 10.0. The molecule has 1 saturated heterocycles. The third-order valence-corrected chi connectivity index (χ3v) is 10.6. The van der Waals surface area contributed by atoms with Crippen LogP contribution in [0.2, 0.25) is 0 Å². The number of hydrogen-bond donors (Lipinski definition) is 2. The van der Waals surface area contributed by atoms with E-state index in [1.54, 1.807) is 16.7 Å². The van der Waals surface area contributed by atoms with Crippen LogP contribution < -0.4 is 5.32 Å². The number of H-pyrrole nitrogens is 1. The molecule has 4 heterocycles. The first-order chi connectivity index (χ1) is 21.0. The number of carbonyl (C=O) groups excluding carboxylic acids is 2. The minimum atomic E-state index is -0.629. The fourth-order valence-electron chi connectivity index (χ4n) is 5.18. The fraction of sp³-hybridized carbons (Fsp3) is 0.194. The Balaban J connectivity index is 1.19. The summed E-state index contributed by atoms with van der Waals surface area (Å²) in [4.78, 5) is 37.3. The molecule has 2 aliphatic rings. The van der Waals surface area contributed by atoms with Crippen molar-refractivity contribution in [2.24, 2.45) is 0 Å². The molecule has 5 aromatic rings. The van der Waals surface area contributed by atoms with Crippen LogP contribution in [0.3, 0.4) is 0 Å². The summed E-state index contributed by atoms with van der Waals surface area (Å²) >= 11 is 4.64. The van der Waals surface area contributed by atoms with Crippen molar-refractivity contribution in [3.8, 4) is 0 Å². The van der Waals surface area contributed by atoms with E-state index < -0.39 is 18.1 Å². The molecule has 1 unspecified atom stereocenters. The predicted molar refractivity (Wildman–Crippen MR) is 170 cm³/mol. The molecule has 2 aromatic heterocycles. The Morgan fingerprint density at radius 1 is 1.05 bits per heavy atom. The van der Waals surface area contributed by atoms with Crippen LogP contribution in [-0.4, -0.2) is 59.9 Å². The Kier molecular flexibility index (Phi) is 7.64. The van der Waals surface area contributed by atoms with Gasteiger partial charge in [0.05, 0.1) is 11.0 Å². The van der Waals surface area contributed by atoms with Crippen molar-refractivity contribution in [1.82, 2.24) is 25.1 Å². The number of esters is 1. The molecule has 2 atom stereocenters. The van der Waals surface area contributed by atoms with E-state index in [0.29, 0.717) is 23.2 Å². The van der Waals surface area contributed by atoms with Crippen LogP contribution in [0.5, 0.6) is 0 Å². The minimum Gasteiger partial charge on any atom is -0.448 e. The molecule has 216 valence electrons. The second-order valence-corrected chi connectivity index (χ2v) is 13.6. The van der Waals surface area contributed by atoms with Crippen molar-refractivity contribution in [2.75, 3.05) is 16.8 Å². The number of β-lactam (4-membered cyclic amide) rings is 1. The first kappa shape index (κ1) is 27.7. The van der Waals surface area contributed by atoms with Gasteiger partial charge in [-0.05, 0) is 35.8 Å². The van der Waals surface area contributed by atoms with Crippen molar-refractivity contribution in [3.05, 3.63) is 112 Å². The van der Waals surface area contributed by atoms with Gasteiger partial charge in [-0.2, -0.15) is 0 Å². The number of nitrogens with zero attached hydrogens (tertiary/aromatic N) is 4. The number of aromatic amines is 1. The van der Waals surface area contributed by atoms with E-state index in [-0.39, 0.29) is 11.3 Å². The number of para-hydroxylation sites is 2. The van der Waals surface area contributed by atoms with Gasteiger partial charge < -0.3 is 15.0 Å². The lowest BCUT2D eigenvalue weighted by Gasteiger charge is -2.49. The normalized spacial score (nSPS) is 18.1. The third-order valence-electron chi connectivity index (χ3n) is 7.23. The maximum absolute atomic E-state index is 14.1. The number of aryl methyl sites for hydroxylation is 1. The van der Waals surface area contributed by atoms with Crippen LogP contribution in [0.4, 0.5) is 5.95 Å². The van der Waals surface area contributed by atoms with Crippen molar-refractivity contribution < 1.29 is 14.3 Å². The zero-order chi connectivity index (χ0) is 29.3. The number of nitrogens with one attached hydrogen (secondary N) is 2. The molecule has 0 spiro atoms. The first-order valence-electron chi connectivity index (χ1n) is 13.7. The zero-order valence-electron chi connectivity index (χ0n) is 23.0. The van der Waals surface area contributed by atoms with E-state index in [9.17, 15) is 9.59 Å². The molecule has 0 aliphatic carbocycles. The number of ether oxygens (including phenoxy) is 1. The molecule has 3 aromatic carbocycles. The van der Waals surface area contributed by atoms with Crippen LogP contribution in [0.25, 0.3) is 11.0 Å². The van der Waals surface area contributed by atoms with E-state index in [0.717, 1.165) is 37.1 Å². The molecule has 43 heavy (non-hydrogen) atoms. The minimum absolute atomic E-state index is 0.199. The molecule has 9 nitrogen and oxygen atoms in total. The van der Waals surface area contributed by atoms with E-state index in [1.807, 2.05) is 91.9 Å². The van der Waals surface area contributed by atoms with Gasteiger partial charge in [0, 0.05) is 11.5 Å². The standard InChI is InChI=1S/C31H26N6O3S3/c1-18-35-36-31(43-18)42-17-21-16-41-28-24(34-30-32-22-14-8-9-15-23(22)33-30)27(38)37(28)25(21)29(39)40-26(19-10-4-2-5-11-19)20-12-6-3-7-13-20/h2-15,24,26,28H,16-17H2,1H3,(H2,32,33,34)/t24-,28?/m1/s1. The molecule has 0 radical (unpaired) electrons. The molecule has 2 N–H and O–H groups in total. The SMILES string of the molecule is Cc1nnc(SCC2=C(C(=O)OC(c3ccccc3)c3ccccc3)N3C(=O)[C@@H](Nc4nc5ccccc5[nH]4)C3SC2)s1. The van der Waals surface area contributed by atoms with Crippen molar-refractivity contribution in [2.45, 2.75) is 28.8 Å². The fourth-order valence-corrected chi connectivity index (χ4v) is 8.48. The molecule has 0 bridgehead atoms. The maximum Gasteiger partial charge on any atom is 0.356 e. The Bertz CT molecular complexity index is 1750. The molecule has 1 fully saturated rings. The summed E-state index contributed by atoms with van der Waals surface area (Å²) in [5.74, 6) is 0.862. The average Bonchev–Trinajstić information content (AvgIpc) is 3.66. The summed E-state index contributed by atoms with van der Waals surface area (Å²) in [5.41, 5.74) is 4.54. The average molecular weight is 627 g/mol. The van der Waals surface area contributed by atoms with Crippen molar-refractivity contribution >= 4 is 63.7 Å².